The summed E-state index contributed by atoms with van der Waals surface area (Å²) in [6.07, 6.45) is 0.820. The fourth-order valence-corrected chi connectivity index (χ4v) is 1.88. The summed E-state index contributed by atoms with van der Waals surface area (Å²) in [6.45, 7) is 3.76. The molecule has 17 heavy (non-hydrogen) atoms. The molecule has 1 aromatic carbocycles. The Bertz CT molecular complexity index is 558. The number of rotatable bonds is 2. The van der Waals surface area contributed by atoms with Crippen LogP contribution in [0.15, 0.2) is 18.2 Å². The first-order chi connectivity index (χ1) is 8.04. The number of hydrogen-bond donors (Lipinski definition) is 1. The number of nitrogen functional groups attached to an aromatic ring is 1. The minimum Gasteiger partial charge on any atom is -0.383 e. The molecule has 0 atom stereocenters. The predicted molar refractivity (Wildman–Crippen MR) is 67.1 cm³/mol. The molecule has 0 fully saturated rings. The van der Waals surface area contributed by atoms with Gasteiger partial charge < -0.3 is 10.3 Å². The van der Waals surface area contributed by atoms with Crippen LogP contribution in [-0.2, 0) is 13.5 Å². The van der Waals surface area contributed by atoms with E-state index in [1.54, 1.807) is 19.1 Å². The third-order valence-corrected chi connectivity index (χ3v) is 2.98. The Morgan fingerprint density at radius 1 is 1.41 bits per heavy atom. The van der Waals surface area contributed by atoms with E-state index in [9.17, 15) is 4.39 Å². The number of nitrogens with two attached hydrogens (primary N) is 1. The second-order valence-corrected chi connectivity index (χ2v) is 4.14. The highest BCUT2D eigenvalue weighted by molar-refractivity contribution is 5.71. The Hall–Kier alpha value is -1.84. The highest BCUT2D eigenvalue weighted by Gasteiger charge is 2.13. The largest absolute Gasteiger partial charge is 0.383 e. The van der Waals surface area contributed by atoms with Crippen molar-refractivity contribution in [3.8, 4) is 11.3 Å². The molecule has 2 N–H and O–H groups in total. The van der Waals surface area contributed by atoms with Crippen molar-refractivity contribution in [1.29, 1.82) is 0 Å². The molecule has 0 radical (unpaired) electrons. The van der Waals surface area contributed by atoms with Gasteiger partial charge in [0.15, 0.2) is 0 Å². The third kappa shape index (κ3) is 1.90. The van der Waals surface area contributed by atoms with E-state index in [0.717, 1.165) is 23.5 Å². The smallest absolute Gasteiger partial charge is 0.131 e. The number of anilines is 1. The molecule has 0 bridgehead atoms. The van der Waals surface area contributed by atoms with Gasteiger partial charge in [-0.15, -0.1) is 0 Å². The summed E-state index contributed by atoms with van der Waals surface area (Å²) in [6, 6.07) is 4.93. The van der Waals surface area contributed by atoms with Crippen molar-refractivity contribution in [2.45, 2.75) is 20.3 Å². The molecular formula is C13H16FN3. The molecule has 2 aromatic rings. The van der Waals surface area contributed by atoms with Gasteiger partial charge in [0, 0.05) is 19.0 Å². The Kier molecular flexibility index (Phi) is 2.88. The van der Waals surface area contributed by atoms with Crippen molar-refractivity contribution in [3.63, 3.8) is 0 Å². The van der Waals surface area contributed by atoms with Gasteiger partial charge in [-0.2, -0.15) is 0 Å². The van der Waals surface area contributed by atoms with Crippen molar-refractivity contribution in [2.24, 2.45) is 7.05 Å². The van der Waals surface area contributed by atoms with Crippen LogP contribution in [0.5, 0.6) is 0 Å². The summed E-state index contributed by atoms with van der Waals surface area (Å²) in [7, 11) is 1.89. The van der Waals surface area contributed by atoms with Crippen molar-refractivity contribution in [1.82, 2.24) is 9.55 Å². The zero-order valence-electron chi connectivity index (χ0n) is 10.3. The second-order valence-electron chi connectivity index (χ2n) is 4.14. The van der Waals surface area contributed by atoms with E-state index in [4.69, 9.17) is 5.73 Å². The van der Waals surface area contributed by atoms with Crippen LogP contribution in [0, 0.1) is 12.7 Å². The highest BCUT2D eigenvalue weighted by atomic mass is 19.1. The topological polar surface area (TPSA) is 43.8 Å². The van der Waals surface area contributed by atoms with E-state index >= 15 is 0 Å². The number of imidazole rings is 1. The SMILES string of the molecule is CCc1nc(-c2ccc(F)c(C)c2)c(N)n1C. The van der Waals surface area contributed by atoms with Gasteiger partial charge in [-0.1, -0.05) is 6.92 Å². The van der Waals surface area contributed by atoms with E-state index in [1.807, 2.05) is 18.5 Å². The molecule has 2 rings (SSSR count). The number of hydrogen-bond acceptors (Lipinski definition) is 2. The van der Waals surface area contributed by atoms with Crippen LogP contribution in [0.2, 0.25) is 0 Å². The Labute approximate surface area is 100 Å². The molecule has 1 heterocycles. The Morgan fingerprint density at radius 3 is 2.65 bits per heavy atom. The molecule has 0 spiro atoms. The average molecular weight is 233 g/mol. The van der Waals surface area contributed by atoms with Crippen LogP contribution in [-0.4, -0.2) is 9.55 Å². The van der Waals surface area contributed by atoms with Gasteiger partial charge in [-0.3, -0.25) is 0 Å². The molecule has 0 aliphatic rings. The fourth-order valence-electron chi connectivity index (χ4n) is 1.88. The molecule has 0 saturated carbocycles. The van der Waals surface area contributed by atoms with Crippen molar-refractivity contribution < 1.29 is 4.39 Å². The normalized spacial score (nSPS) is 10.8. The lowest BCUT2D eigenvalue weighted by Gasteiger charge is -2.02. The summed E-state index contributed by atoms with van der Waals surface area (Å²) >= 11 is 0. The molecule has 4 heteroatoms. The van der Waals surface area contributed by atoms with Gasteiger partial charge in [0.2, 0.25) is 0 Å². The molecule has 0 aliphatic carbocycles. The van der Waals surface area contributed by atoms with E-state index in [-0.39, 0.29) is 5.82 Å². The van der Waals surface area contributed by atoms with Crippen molar-refractivity contribution >= 4 is 5.82 Å². The first-order valence-corrected chi connectivity index (χ1v) is 5.62. The molecular weight excluding hydrogens is 217 g/mol. The van der Waals surface area contributed by atoms with E-state index in [2.05, 4.69) is 4.98 Å². The number of nitrogens with zero attached hydrogens (tertiary/aromatic N) is 2. The van der Waals surface area contributed by atoms with Crippen LogP contribution in [0.4, 0.5) is 10.2 Å². The third-order valence-electron chi connectivity index (χ3n) is 2.98. The first-order valence-electron chi connectivity index (χ1n) is 5.62. The number of halogens is 1. The maximum atomic E-state index is 13.2. The van der Waals surface area contributed by atoms with Gasteiger partial charge in [0.1, 0.15) is 23.2 Å². The molecule has 1 aromatic heterocycles. The lowest BCUT2D eigenvalue weighted by atomic mass is 10.1. The summed E-state index contributed by atoms with van der Waals surface area (Å²) < 4.78 is 15.1. The van der Waals surface area contributed by atoms with Crippen molar-refractivity contribution in [2.75, 3.05) is 5.73 Å². The average Bonchev–Trinajstić information content (AvgIpc) is 2.60. The standard InChI is InChI=1S/C13H16FN3/c1-4-11-16-12(13(15)17(11)3)9-5-6-10(14)8(2)7-9/h5-7H,4,15H2,1-3H3. The Balaban J connectivity index is 2.56. The minimum atomic E-state index is -0.209. The first kappa shape index (κ1) is 11.6. The van der Waals surface area contributed by atoms with Crippen LogP contribution in [0.25, 0.3) is 11.3 Å². The van der Waals surface area contributed by atoms with Crippen LogP contribution in [0.3, 0.4) is 0 Å². The van der Waals surface area contributed by atoms with Crippen molar-refractivity contribution in [3.05, 3.63) is 35.4 Å². The minimum absolute atomic E-state index is 0.209. The monoisotopic (exact) mass is 233 g/mol. The fraction of sp³-hybridized carbons (Fsp3) is 0.308. The summed E-state index contributed by atoms with van der Waals surface area (Å²) in [4.78, 5) is 4.48. The lowest BCUT2D eigenvalue weighted by molar-refractivity contribution is 0.619. The summed E-state index contributed by atoms with van der Waals surface area (Å²) in [5, 5.41) is 0. The van der Waals surface area contributed by atoms with E-state index < -0.39 is 0 Å². The molecule has 0 unspecified atom stereocenters. The van der Waals surface area contributed by atoms with Gasteiger partial charge in [0.25, 0.3) is 0 Å². The van der Waals surface area contributed by atoms with Crippen LogP contribution < -0.4 is 5.73 Å². The maximum Gasteiger partial charge on any atom is 0.131 e. The molecule has 0 amide bonds. The van der Waals surface area contributed by atoms with Crippen LogP contribution >= 0.6 is 0 Å². The molecule has 3 nitrogen and oxygen atoms in total. The number of aromatic nitrogens is 2. The quantitative estimate of drug-likeness (QED) is 0.866. The van der Waals surface area contributed by atoms with Gasteiger partial charge in [-0.25, -0.2) is 9.37 Å². The molecule has 0 aliphatic heterocycles. The van der Waals surface area contributed by atoms with E-state index in [1.165, 1.54) is 6.07 Å². The zero-order chi connectivity index (χ0) is 12.6. The highest BCUT2D eigenvalue weighted by Crippen LogP contribution is 2.27. The zero-order valence-corrected chi connectivity index (χ0v) is 10.3. The van der Waals surface area contributed by atoms with Gasteiger partial charge in [-0.05, 0) is 30.7 Å². The predicted octanol–water partition coefficient (Wildman–Crippen LogP) is 2.68. The summed E-state index contributed by atoms with van der Waals surface area (Å²) in [5.74, 6) is 1.34. The van der Waals surface area contributed by atoms with Gasteiger partial charge >= 0.3 is 0 Å². The van der Waals surface area contributed by atoms with E-state index in [0.29, 0.717) is 11.4 Å². The second kappa shape index (κ2) is 4.20. The maximum absolute atomic E-state index is 13.2. The molecule has 90 valence electrons. The molecule has 0 saturated heterocycles. The van der Waals surface area contributed by atoms with Crippen LogP contribution in [0.1, 0.15) is 18.3 Å². The number of aryl methyl sites for hydroxylation is 2. The van der Waals surface area contributed by atoms with Gasteiger partial charge in [0.05, 0.1) is 0 Å². The summed E-state index contributed by atoms with van der Waals surface area (Å²) in [5.41, 5.74) is 8.20. The number of benzene rings is 1. The lowest BCUT2D eigenvalue weighted by Crippen LogP contribution is -2.00. The Morgan fingerprint density at radius 2 is 2.12 bits per heavy atom.